The minimum absolute atomic E-state index is 0.210. The average Bonchev–Trinajstić information content (AvgIpc) is 3.15. The van der Waals surface area contributed by atoms with Crippen LogP contribution < -0.4 is 10.1 Å². The fourth-order valence-corrected chi connectivity index (χ4v) is 4.71. The Morgan fingerprint density at radius 3 is 2.81 bits per heavy atom. The summed E-state index contributed by atoms with van der Waals surface area (Å²) in [5.74, 6) is 0.368. The third-order valence-electron chi connectivity index (χ3n) is 4.78. The molecule has 1 unspecified atom stereocenters. The lowest BCUT2D eigenvalue weighted by molar-refractivity contribution is -0.136. The number of nitrogens with one attached hydrogen (secondary N) is 1. The van der Waals surface area contributed by atoms with Gasteiger partial charge in [0.2, 0.25) is 11.8 Å². The molecule has 0 radical (unpaired) electrons. The molecule has 0 saturated carbocycles. The van der Waals surface area contributed by atoms with Crippen LogP contribution in [0.1, 0.15) is 34.4 Å². The van der Waals surface area contributed by atoms with E-state index >= 15 is 0 Å². The maximum absolute atomic E-state index is 12.2. The van der Waals surface area contributed by atoms with Crippen molar-refractivity contribution in [1.29, 1.82) is 0 Å². The summed E-state index contributed by atoms with van der Waals surface area (Å²) in [5.41, 5.74) is 3.34. The van der Waals surface area contributed by atoms with E-state index in [1.807, 2.05) is 41.5 Å². The van der Waals surface area contributed by atoms with E-state index in [0.29, 0.717) is 31.0 Å². The molecule has 26 heavy (non-hydrogen) atoms. The highest BCUT2D eigenvalue weighted by Gasteiger charge is 2.38. The first-order valence-corrected chi connectivity index (χ1v) is 9.75. The van der Waals surface area contributed by atoms with Gasteiger partial charge < -0.3 is 9.64 Å². The van der Waals surface area contributed by atoms with Gasteiger partial charge in [0.25, 0.3) is 0 Å². The molecule has 1 aromatic carbocycles. The Labute approximate surface area is 161 Å². The van der Waals surface area contributed by atoms with Crippen molar-refractivity contribution in [2.45, 2.75) is 39.0 Å². The van der Waals surface area contributed by atoms with Gasteiger partial charge in [0.15, 0.2) is 0 Å². The van der Waals surface area contributed by atoms with Crippen LogP contribution in [0.15, 0.2) is 29.6 Å². The first kappa shape index (κ1) is 17.2. The molecule has 2 aliphatic rings. The number of hydrogen-bond acceptors (Lipinski definition) is 5. The maximum Gasteiger partial charge on any atom is 0.249 e. The van der Waals surface area contributed by atoms with Gasteiger partial charge in [-0.05, 0) is 31.0 Å². The number of thiophene rings is 1. The van der Waals surface area contributed by atoms with Crippen LogP contribution in [0.2, 0.25) is 0 Å². The molecule has 3 heterocycles. The van der Waals surface area contributed by atoms with Gasteiger partial charge in [0.05, 0.1) is 0 Å². The van der Waals surface area contributed by atoms with Crippen LogP contribution >= 0.6 is 23.6 Å². The van der Waals surface area contributed by atoms with E-state index in [1.165, 1.54) is 5.56 Å². The molecular weight excluding hydrogens is 368 g/mol. The number of thiocarbonyl (C=S) groups is 1. The molecule has 1 N–H and O–H groups in total. The smallest absolute Gasteiger partial charge is 0.249 e. The van der Waals surface area contributed by atoms with Crippen LogP contribution in [-0.4, -0.2) is 27.7 Å². The summed E-state index contributed by atoms with van der Waals surface area (Å²) in [6.45, 7) is 3.12. The molecule has 2 aliphatic heterocycles. The minimum Gasteiger partial charge on any atom is -0.488 e. The number of aryl methyl sites for hydroxylation is 1. The zero-order chi connectivity index (χ0) is 18.3. The summed E-state index contributed by atoms with van der Waals surface area (Å²) in [5, 5.41) is 4.45. The van der Waals surface area contributed by atoms with E-state index in [4.69, 9.17) is 17.0 Å². The van der Waals surface area contributed by atoms with Crippen LogP contribution in [0.4, 0.5) is 0 Å². The van der Waals surface area contributed by atoms with Crippen molar-refractivity contribution < 1.29 is 14.3 Å². The lowest BCUT2D eigenvalue weighted by atomic mass is 10.0. The molecule has 4 rings (SSSR count). The van der Waals surface area contributed by atoms with Crippen molar-refractivity contribution in [3.8, 4) is 5.75 Å². The molecule has 2 aromatic rings. The standard InChI is InChI=1S/C19H18N2O3S2/c1-11-2-4-12(5-3-11)24-9-16-13-8-21(19(25)14(13)10-26-16)15-6-7-17(22)20-18(15)23/h2-5,10,15H,6-9H2,1H3,(H,20,22,23). The Balaban J connectivity index is 1.48. The first-order valence-electron chi connectivity index (χ1n) is 8.46. The number of carbonyl (C=O) groups is 2. The number of amides is 2. The number of nitrogens with zero attached hydrogens (tertiary/aromatic N) is 1. The van der Waals surface area contributed by atoms with Crippen LogP contribution in [0, 0.1) is 6.92 Å². The molecule has 5 nitrogen and oxygen atoms in total. The van der Waals surface area contributed by atoms with E-state index in [2.05, 4.69) is 5.32 Å². The third kappa shape index (κ3) is 3.12. The topological polar surface area (TPSA) is 58.6 Å². The van der Waals surface area contributed by atoms with Gasteiger partial charge in [-0.2, -0.15) is 0 Å². The second-order valence-electron chi connectivity index (χ2n) is 6.55. The second-order valence-corrected chi connectivity index (χ2v) is 7.90. The summed E-state index contributed by atoms with van der Waals surface area (Å²) in [6.07, 6.45) is 0.861. The normalized spacial score (nSPS) is 19.5. The third-order valence-corrected chi connectivity index (χ3v) is 6.23. The zero-order valence-corrected chi connectivity index (χ0v) is 15.9. The molecule has 1 atom stereocenters. The molecule has 1 fully saturated rings. The van der Waals surface area contributed by atoms with Crippen LogP contribution in [0.3, 0.4) is 0 Å². The minimum atomic E-state index is -0.372. The number of benzene rings is 1. The summed E-state index contributed by atoms with van der Waals surface area (Å²) in [7, 11) is 0. The fraction of sp³-hybridized carbons (Fsp3) is 0.316. The molecule has 0 spiro atoms. The Morgan fingerprint density at radius 2 is 2.08 bits per heavy atom. The Bertz CT molecular complexity index is 889. The number of ether oxygens (including phenoxy) is 1. The lowest BCUT2D eigenvalue weighted by Crippen LogP contribution is -2.52. The quantitative estimate of drug-likeness (QED) is 0.647. The van der Waals surface area contributed by atoms with E-state index < -0.39 is 0 Å². The highest BCUT2D eigenvalue weighted by Crippen LogP contribution is 2.35. The summed E-state index contributed by atoms with van der Waals surface area (Å²) in [6, 6.07) is 7.60. The predicted molar refractivity (Wildman–Crippen MR) is 103 cm³/mol. The van der Waals surface area contributed by atoms with Crippen molar-refractivity contribution in [2.75, 3.05) is 0 Å². The van der Waals surface area contributed by atoms with E-state index in [1.54, 1.807) is 11.3 Å². The molecule has 0 bridgehead atoms. The maximum atomic E-state index is 12.2. The first-order chi connectivity index (χ1) is 12.5. The number of imide groups is 1. The molecule has 134 valence electrons. The number of piperidine rings is 1. The number of fused-ring (bicyclic) bond motifs is 1. The van der Waals surface area contributed by atoms with Crippen molar-refractivity contribution in [2.24, 2.45) is 0 Å². The summed E-state index contributed by atoms with van der Waals surface area (Å²) in [4.78, 5) is 27.3. The van der Waals surface area contributed by atoms with Gasteiger partial charge in [-0.1, -0.05) is 29.9 Å². The molecular formula is C19H18N2O3S2. The van der Waals surface area contributed by atoms with Gasteiger partial charge in [0, 0.05) is 28.8 Å². The van der Waals surface area contributed by atoms with Gasteiger partial charge in [-0.3, -0.25) is 14.9 Å². The Kier molecular flexibility index (Phi) is 4.50. The summed E-state index contributed by atoms with van der Waals surface area (Å²) >= 11 is 7.22. The largest absolute Gasteiger partial charge is 0.488 e. The number of rotatable bonds is 4. The van der Waals surface area contributed by atoms with E-state index in [9.17, 15) is 9.59 Å². The molecule has 7 heteroatoms. The zero-order valence-electron chi connectivity index (χ0n) is 14.3. The van der Waals surface area contributed by atoms with Crippen LogP contribution in [0.5, 0.6) is 5.75 Å². The van der Waals surface area contributed by atoms with Crippen molar-refractivity contribution in [3.05, 3.63) is 51.2 Å². The Morgan fingerprint density at radius 1 is 1.31 bits per heavy atom. The van der Waals surface area contributed by atoms with Gasteiger partial charge in [-0.15, -0.1) is 11.3 Å². The predicted octanol–water partition coefficient (Wildman–Crippen LogP) is 2.93. The lowest BCUT2D eigenvalue weighted by Gasteiger charge is -2.31. The van der Waals surface area contributed by atoms with Gasteiger partial charge >= 0.3 is 0 Å². The second kappa shape index (κ2) is 6.81. The SMILES string of the molecule is Cc1ccc(OCc2scc3c2CN(C2CCC(=O)NC2=O)C3=S)cc1. The molecule has 2 amide bonds. The van der Waals surface area contributed by atoms with Crippen molar-refractivity contribution >= 4 is 40.4 Å². The van der Waals surface area contributed by atoms with Gasteiger partial charge in [-0.25, -0.2) is 0 Å². The van der Waals surface area contributed by atoms with E-state index in [-0.39, 0.29) is 17.9 Å². The highest BCUT2D eigenvalue weighted by atomic mass is 32.1. The van der Waals surface area contributed by atoms with Crippen molar-refractivity contribution in [1.82, 2.24) is 10.2 Å². The molecule has 0 aliphatic carbocycles. The van der Waals surface area contributed by atoms with Gasteiger partial charge in [0.1, 0.15) is 23.4 Å². The fourth-order valence-electron chi connectivity index (χ4n) is 3.31. The average molecular weight is 386 g/mol. The molecule has 1 saturated heterocycles. The Hall–Kier alpha value is -2.25. The highest BCUT2D eigenvalue weighted by molar-refractivity contribution is 7.80. The van der Waals surface area contributed by atoms with Crippen LogP contribution in [0.25, 0.3) is 0 Å². The summed E-state index contributed by atoms with van der Waals surface area (Å²) < 4.78 is 5.91. The number of hydrogen-bond donors (Lipinski definition) is 1. The van der Waals surface area contributed by atoms with E-state index in [0.717, 1.165) is 21.8 Å². The number of carbonyl (C=O) groups excluding carboxylic acids is 2. The van der Waals surface area contributed by atoms with Crippen molar-refractivity contribution in [3.63, 3.8) is 0 Å². The molecule has 1 aromatic heterocycles. The monoisotopic (exact) mass is 386 g/mol. The van der Waals surface area contributed by atoms with Crippen LogP contribution in [-0.2, 0) is 22.7 Å².